The van der Waals surface area contributed by atoms with Gasteiger partial charge >= 0.3 is 5.97 Å². The van der Waals surface area contributed by atoms with Crippen molar-refractivity contribution in [3.8, 4) is 0 Å². The summed E-state index contributed by atoms with van der Waals surface area (Å²) in [5.74, 6) is -1.14. The summed E-state index contributed by atoms with van der Waals surface area (Å²) in [5.41, 5.74) is 0.465. The molecule has 1 unspecified atom stereocenters. The van der Waals surface area contributed by atoms with E-state index in [1.165, 1.54) is 23.4 Å². The second kappa shape index (κ2) is 4.21. The maximum atomic E-state index is 11.6. The number of pyridine rings is 1. The summed E-state index contributed by atoms with van der Waals surface area (Å²) < 4.78 is 0. The predicted molar refractivity (Wildman–Crippen MR) is 60.9 cm³/mol. The molecule has 0 spiro atoms. The number of hydrogen-bond donors (Lipinski definition) is 1. The van der Waals surface area contributed by atoms with E-state index in [-0.39, 0.29) is 16.3 Å². The summed E-state index contributed by atoms with van der Waals surface area (Å²) in [6, 6.07) is 1.40. The van der Waals surface area contributed by atoms with Crippen molar-refractivity contribution in [1.82, 2.24) is 4.98 Å². The van der Waals surface area contributed by atoms with Crippen LogP contribution >= 0.6 is 15.9 Å². The van der Waals surface area contributed by atoms with Crippen molar-refractivity contribution >= 4 is 33.5 Å². The van der Waals surface area contributed by atoms with Crippen molar-refractivity contribution in [2.45, 2.75) is 11.2 Å². The van der Waals surface area contributed by atoms with Crippen molar-refractivity contribution in [2.24, 2.45) is 0 Å². The molecule has 0 saturated carbocycles. The van der Waals surface area contributed by atoms with Gasteiger partial charge in [0, 0.05) is 24.0 Å². The quantitative estimate of drug-likeness (QED) is 0.831. The highest BCUT2D eigenvalue weighted by Gasteiger charge is 2.31. The summed E-state index contributed by atoms with van der Waals surface area (Å²) in [6.45, 7) is 0.477. The summed E-state index contributed by atoms with van der Waals surface area (Å²) in [7, 11) is 0. The second-order valence-corrected chi connectivity index (χ2v) is 4.80. The van der Waals surface area contributed by atoms with Gasteiger partial charge in [-0.3, -0.25) is 9.78 Å². The Morgan fingerprint density at radius 1 is 1.62 bits per heavy atom. The molecule has 0 radical (unpaired) electrons. The number of aromatic carboxylic acids is 1. The summed E-state index contributed by atoms with van der Waals surface area (Å²) in [5, 5.41) is 9.00. The summed E-state index contributed by atoms with van der Waals surface area (Å²) in [4.78, 5) is 28.0. The number of amides is 1. The van der Waals surface area contributed by atoms with Gasteiger partial charge < -0.3 is 10.0 Å². The number of halogens is 1. The summed E-state index contributed by atoms with van der Waals surface area (Å²) >= 11 is 3.35. The number of rotatable bonds is 2. The molecule has 0 bridgehead atoms. The molecule has 1 saturated heterocycles. The van der Waals surface area contributed by atoms with E-state index in [9.17, 15) is 9.59 Å². The van der Waals surface area contributed by atoms with Gasteiger partial charge in [-0.15, -0.1) is 0 Å². The lowest BCUT2D eigenvalue weighted by Crippen LogP contribution is -2.26. The molecule has 0 aromatic carbocycles. The van der Waals surface area contributed by atoms with Crippen molar-refractivity contribution in [1.29, 1.82) is 0 Å². The molecule has 1 N–H and O–H groups in total. The fourth-order valence-corrected chi connectivity index (χ4v) is 2.25. The van der Waals surface area contributed by atoms with Crippen molar-refractivity contribution in [3.05, 3.63) is 24.0 Å². The first kappa shape index (κ1) is 11.1. The van der Waals surface area contributed by atoms with E-state index in [1.807, 2.05) is 0 Å². The zero-order chi connectivity index (χ0) is 11.7. The van der Waals surface area contributed by atoms with Crippen molar-refractivity contribution < 1.29 is 14.7 Å². The van der Waals surface area contributed by atoms with Crippen LogP contribution in [0.25, 0.3) is 0 Å². The minimum Gasteiger partial charge on any atom is -0.478 e. The van der Waals surface area contributed by atoms with Crippen LogP contribution in [-0.2, 0) is 4.79 Å². The van der Waals surface area contributed by atoms with Gasteiger partial charge in [0.15, 0.2) is 0 Å². The number of anilines is 1. The Bertz CT molecular complexity index is 449. The predicted octanol–water partition coefficient (Wildman–Crippen LogP) is 1.28. The van der Waals surface area contributed by atoms with Crippen LogP contribution in [0.3, 0.4) is 0 Å². The van der Waals surface area contributed by atoms with Gasteiger partial charge in [-0.25, -0.2) is 4.79 Å². The number of aromatic nitrogens is 1. The van der Waals surface area contributed by atoms with Crippen LogP contribution in [0.15, 0.2) is 18.5 Å². The van der Waals surface area contributed by atoms with Crippen LogP contribution in [-0.4, -0.2) is 33.3 Å². The molecule has 84 valence electrons. The first-order chi connectivity index (χ1) is 7.59. The Morgan fingerprint density at radius 2 is 2.38 bits per heavy atom. The molecule has 2 heterocycles. The topological polar surface area (TPSA) is 70.5 Å². The molecule has 1 amide bonds. The van der Waals surface area contributed by atoms with E-state index in [2.05, 4.69) is 20.9 Å². The highest BCUT2D eigenvalue weighted by atomic mass is 79.9. The third-order valence-corrected chi connectivity index (χ3v) is 3.01. The number of carboxylic acids is 1. The third-order valence-electron chi connectivity index (χ3n) is 2.40. The average molecular weight is 285 g/mol. The Hall–Kier alpha value is -1.43. The van der Waals surface area contributed by atoms with Gasteiger partial charge in [-0.2, -0.15) is 0 Å². The smallest absolute Gasteiger partial charge is 0.337 e. The molecule has 1 aromatic heterocycles. The maximum Gasteiger partial charge on any atom is 0.337 e. The molecule has 5 nitrogen and oxygen atoms in total. The lowest BCUT2D eigenvalue weighted by atomic mass is 10.2. The monoisotopic (exact) mass is 284 g/mol. The van der Waals surface area contributed by atoms with Crippen LogP contribution in [0.1, 0.15) is 16.8 Å². The van der Waals surface area contributed by atoms with E-state index in [1.54, 1.807) is 0 Å². The average Bonchev–Trinajstić information content (AvgIpc) is 2.57. The van der Waals surface area contributed by atoms with Crippen molar-refractivity contribution in [2.75, 3.05) is 11.4 Å². The number of carbonyl (C=O) groups excluding carboxylic acids is 1. The molecule has 2 rings (SSSR count). The minimum absolute atomic E-state index is 0.0712. The first-order valence-corrected chi connectivity index (χ1v) is 5.63. The van der Waals surface area contributed by atoms with Gasteiger partial charge in [0.25, 0.3) is 0 Å². The Kier molecular flexibility index (Phi) is 2.91. The number of hydrogen-bond acceptors (Lipinski definition) is 3. The minimum atomic E-state index is -1.05. The largest absolute Gasteiger partial charge is 0.478 e. The van der Waals surface area contributed by atoms with Crippen LogP contribution in [0.5, 0.6) is 0 Å². The molecule has 1 fully saturated rings. The van der Waals surface area contributed by atoms with E-state index < -0.39 is 5.97 Å². The van der Waals surface area contributed by atoms with Crippen LogP contribution in [0.2, 0.25) is 0 Å². The molecular weight excluding hydrogens is 276 g/mol. The maximum absolute atomic E-state index is 11.6. The van der Waals surface area contributed by atoms with Gasteiger partial charge in [0.05, 0.1) is 17.4 Å². The highest BCUT2D eigenvalue weighted by molar-refractivity contribution is 9.09. The lowest BCUT2D eigenvalue weighted by Gasteiger charge is -2.17. The van der Waals surface area contributed by atoms with Crippen LogP contribution in [0, 0.1) is 0 Å². The van der Waals surface area contributed by atoms with E-state index >= 15 is 0 Å². The normalized spacial score (nSPS) is 20.2. The van der Waals surface area contributed by atoms with E-state index in [0.717, 1.165) is 0 Å². The second-order valence-electron chi connectivity index (χ2n) is 3.50. The van der Waals surface area contributed by atoms with Crippen molar-refractivity contribution in [3.63, 3.8) is 0 Å². The highest BCUT2D eigenvalue weighted by Crippen LogP contribution is 2.27. The molecule has 1 aromatic rings. The van der Waals surface area contributed by atoms with Crippen LogP contribution in [0.4, 0.5) is 5.69 Å². The standard InChI is InChI=1S/C10H9BrN2O3/c11-6-3-9(14)13(5-6)8-4-12-2-1-7(8)10(15)16/h1-2,4,6H,3,5H2,(H,15,16). The molecule has 0 aliphatic carbocycles. The van der Waals surface area contributed by atoms with E-state index in [4.69, 9.17) is 5.11 Å². The number of carbonyl (C=O) groups is 2. The van der Waals surface area contributed by atoms with Gasteiger partial charge in [0.2, 0.25) is 5.91 Å². The lowest BCUT2D eigenvalue weighted by molar-refractivity contribution is -0.117. The van der Waals surface area contributed by atoms with E-state index in [0.29, 0.717) is 18.7 Å². The third kappa shape index (κ3) is 1.92. The number of nitrogens with zero attached hydrogens (tertiary/aromatic N) is 2. The molecule has 1 aliphatic rings. The Labute approximate surface area is 100 Å². The van der Waals surface area contributed by atoms with Gasteiger partial charge in [-0.1, -0.05) is 15.9 Å². The zero-order valence-corrected chi connectivity index (χ0v) is 9.85. The molecule has 1 aliphatic heterocycles. The summed E-state index contributed by atoms with van der Waals surface area (Å²) in [6.07, 6.45) is 3.19. The molecular formula is C10H9BrN2O3. The van der Waals surface area contributed by atoms with Crippen LogP contribution < -0.4 is 4.90 Å². The van der Waals surface area contributed by atoms with Gasteiger partial charge in [0.1, 0.15) is 0 Å². The molecule has 16 heavy (non-hydrogen) atoms. The number of carboxylic acid groups (broad SMARTS) is 1. The molecule has 6 heteroatoms. The molecule has 1 atom stereocenters. The Balaban J connectivity index is 2.40. The fourth-order valence-electron chi connectivity index (χ4n) is 1.68. The first-order valence-electron chi connectivity index (χ1n) is 4.71. The van der Waals surface area contributed by atoms with Gasteiger partial charge in [-0.05, 0) is 6.07 Å². The SMILES string of the molecule is O=C(O)c1ccncc1N1CC(Br)CC1=O. The number of alkyl halides is 1. The fraction of sp³-hybridized carbons (Fsp3) is 0.300. The zero-order valence-electron chi connectivity index (χ0n) is 8.26. The Morgan fingerprint density at radius 3 is 2.94 bits per heavy atom.